The van der Waals surface area contributed by atoms with E-state index in [1.54, 1.807) is 0 Å². The number of carbonyl (C=O) groups is 2. The van der Waals surface area contributed by atoms with E-state index < -0.39 is 18.2 Å². The molecule has 0 bridgehead atoms. The molecule has 3 unspecified atom stereocenters. The average molecular weight is 772 g/mol. The van der Waals surface area contributed by atoms with Crippen LogP contribution in [0.25, 0.3) is 0 Å². The van der Waals surface area contributed by atoms with Gasteiger partial charge >= 0.3 is 5.97 Å². The molecule has 320 valence electrons. The van der Waals surface area contributed by atoms with Crippen LogP contribution >= 0.6 is 0 Å². The Hall–Kier alpha value is -2.18. The maximum atomic E-state index is 13.1. The number of amides is 1. The Morgan fingerprint density at radius 3 is 1.58 bits per heavy atom. The Labute approximate surface area is 340 Å². The van der Waals surface area contributed by atoms with E-state index >= 15 is 0 Å². The number of carbonyl (C=O) groups excluding carboxylic acids is 2. The molecule has 0 heterocycles. The minimum Gasteiger partial charge on any atom is -0.462 e. The summed E-state index contributed by atoms with van der Waals surface area (Å²) in [5.74, 6) is -0.509. The molecule has 6 nitrogen and oxygen atoms in total. The number of hydrogen-bond donors (Lipinski definition) is 3. The van der Waals surface area contributed by atoms with Gasteiger partial charge in [0, 0.05) is 6.42 Å². The molecule has 0 spiro atoms. The van der Waals surface area contributed by atoms with Crippen LogP contribution in [0.2, 0.25) is 0 Å². The lowest BCUT2D eigenvalue weighted by molar-refractivity contribution is -0.151. The zero-order valence-corrected chi connectivity index (χ0v) is 36.3. The maximum absolute atomic E-state index is 13.1. The summed E-state index contributed by atoms with van der Waals surface area (Å²) in [6.45, 7) is 6.29. The van der Waals surface area contributed by atoms with Crippen molar-refractivity contribution >= 4 is 11.9 Å². The van der Waals surface area contributed by atoms with Gasteiger partial charge in [0.2, 0.25) is 5.91 Å². The van der Waals surface area contributed by atoms with Crippen molar-refractivity contribution in [1.29, 1.82) is 0 Å². The quantitative estimate of drug-likeness (QED) is 0.0327. The van der Waals surface area contributed by atoms with Crippen LogP contribution in [0.5, 0.6) is 0 Å². The number of hydrogen-bond acceptors (Lipinski definition) is 5. The Bertz CT molecular complexity index is 957. The first kappa shape index (κ1) is 52.8. The highest BCUT2D eigenvalue weighted by Crippen LogP contribution is 2.17. The van der Waals surface area contributed by atoms with Gasteiger partial charge in [-0.15, -0.1) is 0 Å². The molecule has 0 saturated heterocycles. The van der Waals surface area contributed by atoms with Gasteiger partial charge in [0.15, 0.2) is 0 Å². The molecule has 0 aromatic heterocycles. The Balaban J connectivity index is 4.63. The fourth-order valence-corrected chi connectivity index (χ4v) is 6.86. The fourth-order valence-electron chi connectivity index (χ4n) is 6.86. The first-order chi connectivity index (χ1) is 27.0. The number of esters is 1. The predicted octanol–water partition coefficient (Wildman–Crippen LogP) is 13.5. The molecular formula is C49H89NO5. The van der Waals surface area contributed by atoms with Crippen LogP contribution < -0.4 is 5.32 Å². The van der Waals surface area contributed by atoms with Crippen molar-refractivity contribution in [2.24, 2.45) is 0 Å². The van der Waals surface area contributed by atoms with Crippen molar-refractivity contribution in [3.8, 4) is 0 Å². The van der Waals surface area contributed by atoms with E-state index in [0.717, 1.165) is 103 Å². The van der Waals surface area contributed by atoms with Crippen LogP contribution in [0.3, 0.4) is 0 Å². The second kappa shape index (κ2) is 43.0. The van der Waals surface area contributed by atoms with Crippen LogP contribution in [0.1, 0.15) is 226 Å². The van der Waals surface area contributed by atoms with Crippen molar-refractivity contribution in [3.63, 3.8) is 0 Å². The molecule has 0 aromatic rings. The Kier molecular flexibility index (Phi) is 41.2. The molecule has 0 aliphatic carbocycles. The van der Waals surface area contributed by atoms with E-state index in [1.165, 1.54) is 77.0 Å². The zero-order valence-electron chi connectivity index (χ0n) is 36.3. The summed E-state index contributed by atoms with van der Waals surface area (Å²) < 4.78 is 5.89. The van der Waals surface area contributed by atoms with Crippen LogP contribution in [-0.4, -0.2) is 46.9 Å². The van der Waals surface area contributed by atoms with Crippen molar-refractivity contribution in [3.05, 3.63) is 48.6 Å². The molecule has 55 heavy (non-hydrogen) atoms. The highest BCUT2D eigenvalue weighted by Gasteiger charge is 2.24. The minimum absolute atomic E-state index is 0.0591. The third-order valence-corrected chi connectivity index (χ3v) is 10.4. The lowest BCUT2D eigenvalue weighted by Gasteiger charge is -2.24. The molecule has 0 fully saturated rings. The molecule has 0 radical (unpaired) electrons. The summed E-state index contributed by atoms with van der Waals surface area (Å²) in [7, 11) is 0. The van der Waals surface area contributed by atoms with E-state index in [9.17, 15) is 19.8 Å². The number of ether oxygens (including phenoxy) is 1. The molecule has 6 heteroatoms. The second-order valence-electron chi connectivity index (χ2n) is 15.8. The summed E-state index contributed by atoms with van der Waals surface area (Å²) in [6.07, 6.45) is 50.3. The summed E-state index contributed by atoms with van der Waals surface area (Å²) in [4.78, 5) is 26.0. The van der Waals surface area contributed by atoms with Crippen molar-refractivity contribution in [2.45, 2.75) is 244 Å². The highest BCUT2D eigenvalue weighted by molar-refractivity contribution is 5.77. The van der Waals surface area contributed by atoms with Gasteiger partial charge in [-0.25, -0.2) is 0 Å². The van der Waals surface area contributed by atoms with Gasteiger partial charge in [-0.1, -0.05) is 185 Å². The van der Waals surface area contributed by atoms with Crippen LogP contribution in [0, 0.1) is 0 Å². The standard InChI is InChI=1S/C49H89NO5/c1-4-7-10-13-16-19-22-24-25-26-28-31-34-37-40-45(55-49(54)42-39-36-33-30-21-18-15-12-9-6-3)43-48(53)50-46(44-51)47(52)41-38-35-32-29-27-23-20-17-14-11-8-5-2/h7,10,12,15-16,19,24-25,45-47,51-52H,4-6,8-9,11,13-14,17-18,20-23,26-44H2,1-3H3,(H,50,53)/b10-7+,15-12-,19-16+,25-24+. The van der Waals surface area contributed by atoms with Gasteiger partial charge in [-0.3, -0.25) is 9.59 Å². The summed E-state index contributed by atoms with van der Waals surface area (Å²) >= 11 is 0. The van der Waals surface area contributed by atoms with Gasteiger partial charge in [0.25, 0.3) is 0 Å². The zero-order chi connectivity index (χ0) is 40.3. The molecule has 0 aliphatic heterocycles. The molecule has 0 aromatic carbocycles. The third-order valence-electron chi connectivity index (χ3n) is 10.4. The van der Waals surface area contributed by atoms with E-state index in [1.807, 2.05) is 0 Å². The van der Waals surface area contributed by atoms with Crippen LogP contribution in [-0.2, 0) is 14.3 Å². The average Bonchev–Trinajstić information content (AvgIpc) is 3.18. The van der Waals surface area contributed by atoms with Gasteiger partial charge in [-0.2, -0.15) is 0 Å². The highest BCUT2D eigenvalue weighted by atomic mass is 16.5. The number of rotatable bonds is 41. The molecule has 3 N–H and O–H groups in total. The molecule has 1 amide bonds. The molecular weight excluding hydrogens is 683 g/mol. The molecule has 0 saturated carbocycles. The second-order valence-corrected chi connectivity index (χ2v) is 15.8. The first-order valence-corrected chi connectivity index (χ1v) is 23.4. The molecule has 0 rings (SSSR count). The minimum atomic E-state index is -0.793. The van der Waals surface area contributed by atoms with Gasteiger partial charge in [-0.05, 0) is 77.0 Å². The number of allylic oxidation sites excluding steroid dienone is 8. The fraction of sp³-hybridized carbons (Fsp3) is 0.796. The van der Waals surface area contributed by atoms with Crippen molar-refractivity contribution in [2.75, 3.05) is 6.61 Å². The normalized spacial score (nSPS) is 13.8. The number of nitrogens with one attached hydrogen (secondary N) is 1. The van der Waals surface area contributed by atoms with Crippen molar-refractivity contribution in [1.82, 2.24) is 5.32 Å². The summed E-state index contributed by atoms with van der Waals surface area (Å²) in [5, 5.41) is 23.7. The number of aliphatic hydroxyl groups is 2. The smallest absolute Gasteiger partial charge is 0.306 e. The summed E-state index contributed by atoms with van der Waals surface area (Å²) in [5.41, 5.74) is 0. The van der Waals surface area contributed by atoms with E-state index in [4.69, 9.17) is 4.74 Å². The van der Waals surface area contributed by atoms with Gasteiger partial charge in [0.1, 0.15) is 6.10 Å². The maximum Gasteiger partial charge on any atom is 0.306 e. The number of aliphatic hydroxyl groups excluding tert-OH is 2. The SMILES string of the molecule is CC/C=C/C/C=C/C/C=C/CCCCCCC(CC(=O)NC(CO)C(O)CCCCCCCCCCCCCC)OC(=O)CCCCCCC/C=C\CCC. The molecule has 0 aliphatic rings. The Morgan fingerprint density at radius 2 is 1.02 bits per heavy atom. The molecule has 3 atom stereocenters. The monoisotopic (exact) mass is 772 g/mol. The lowest BCUT2D eigenvalue weighted by atomic mass is 10.0. The first-order valence-electron chi connectivity index (χ1n) is 23.4. The van der Waals surface area contributed by atoms with Crippen LogP contribution in [0.15, 0.2) is 48.6 Å². The lowest BCUT2D eigenvalue weighted by Crippen LogP contribution is -2.46. The van der Waals surface area contributed by atoms with Crippen LogP contribution in [0.4, 0.5) is 0 Å². The largest absolute Gasteiger partial charge is 0.462 e. The van der Waals surface area contributed by atoms with E-state index in [-0.39, 0.29) is 24.9 Å². The third kappa shape index (κ3) is 38.5. The summed E-state index contributed by atoms with van der Waals surface area (Å²) in [6, 6.07) is -0.708. The number of unbranched alkanes of at least 4 members (excludes halogenated alkanes) is 21. The van der Waals surface area contributed by atoms with E-state index in [2.05, 4.69) is 74.7 Å². The predicted molar refractivity (Wildman–Crippen MR) is 236 cm³/mol. The van der Waals surface area contributed by atoms with Gasteiger partial charge < -0.3 is 20.3 Å². The topological polar surface area (TPSA) is 95.9 Å². The Morgan fingerprint density at radius 1 is 0.545 bits per heavy atom. The van der Waals surface area contributed by atoms with Gasteiger partial charge in [0.05, 0.1) is 25.2 Å². The van der Waals surface area contributed by atoms with Crippen molar-refractivity contribution < 1.29 is 24.5 Å². The van der Waals surface area contributed by atoms with E-state index in [0.29, 0.717) is 19.3 Å².